The highest BCUT2D eigenvalue weighted by Crippen LogP contribution is 2.58. The molecule has 0 spiro atoms. The molecule has 0 heterocycles. The lowest BCUT2D eigenvalue weighted by Gasteiger charge is -2.39. The lowest BCUT2D eigenvalue weighted by atomic mass is 9.68. The molecule has 0 aromatic heterocycles. The lowest BCUT2D eigenvalue weighted by molar-refractivity contribution is 0.126. The summed E-state index contributed by atoms with van der Waals surface area (Å²) in [4.78, 5) is 0. The average molecular weight is 195 g/mol. The van der Waals surface area contributed by atoms with Crippen LogP contribution in [0.25, 0.3) is 0 Å². The average Bonchev–Trinajstić information content (AvgIpc) is 2.62. The Bertz CT molecular complexity index is 199. The van der Waals surface area contributed by atoms with Gasteiger partial charge in [0.2, 0.25) is 0 Å². The van der Waals surface area contributed by atoms with E-state index >= 15 is 0 Å². The molecule has 1 nitrogen and oxygen atoms in total. The molecule has 1 heteroatoms. The van der Waals surface area contributed by atoms with Crippen LogP contribution in [0.3, 0.4) is 0 Å². The van der Waals surface area contributed by atoms with Crippen LogP contribution in [-0.4, -0.2) is 13.6 Å². The summed E-state index contributed by atoms with van der Waals surface area (Å²) in [7, 11) is 2.12. The standard InChI is InChI=1S/C13H25N/c1-10(2)7-13(9-14-3)8-11-4-5-12(13)6-11/h10-12,14H,4-9H2,1-3H3. The van der Waals surface area contributed by atoms with Crippen LogP contribution in [0.4, 0.5) is 0 Å². The summed E-state index contributed by atoms with van der Waals surface area (Å²) < 4.78 is 0. The van der Waals surface area contributed by atoms with E-state index in [-0.39, 0.29) is 0 Å². The van der Waals surface area contributed by atoms with Gasteiger partial charge < -0.3 is 5.32 Å². The molecule has 0 aliphatic heterocycles. The van der Waals surface area contributed by atoms with Crippen molar-refractivity contribution in [1.82, 2.24) is 5.32 Å². The first-order chi connectivity index (χ1) is 6.66. The fourth-order valence-electron chi connectivity index (χ4n) is 4.26. The molecule has 2 bridgehead atoms. The van der Waals surface area contributed by atoms with Crippen molar-refractivity contribution < 1.29 is 0 Å². The topological polar surface area (TPSA) is 12.0 Å². The third kappa shape index (κ3) is 1.71. The molecule has 0 amide bonds. The smallest absolute Gasteiger partial charge is 0.000766 e. The van der Waals surface area contributed by atoms with Crippen LogP contribution >= 0.6 is 0 Å². The monoisotopic (exact) mass is 195 g/mol. The number of hydrogen-bond donors (Lipinski definition) is 1. The van der Waals surface area contributed by atoms with Gasteiger partial charge in [-0.3, -0.25) is 0 Å². The predicted molar refractivity (Wildman–Crippen MR) is 61.3 cm³/mol. The van der Waals surface area contributed by atoms with E-state index in [2.05, 4.69) is 26.2 Å². The van der Waals surface area contributed by atoms with E-state index in [4.69, 9.17) is 0 Å². The predicted octanol–water partition coefficient (Wildman–Crippen LogP) is 3.06. The second-order valence-electron chi connectivity index (χ2n) is 6.07. The first kappa shape index (κ1) is 10.5. The molecule has 0 aromatic carbocycles. The first-order valence-corrected chi connectivity index (χ1v) is 6.31. The molecule has 14 heavy (non-hydrogen) atoms. The SMILES string of the molecule is CNCC1(CC(C)C)CC2CCC1C2. The second-order valence-corrected chi connectivity index (χ2v) is 6.07. The van der Waals surface area contributed by atoms with Gasteiger partial charge in [-0.25, -0.2) is 0 Å². The van der Waals surface area contributed by atoms with Crippen molar-refractivity contribution in [2.45, 2.75) is 46.0 Å². The maximum absolute atomic E-state index is 3.44. The van der Waals surface area contributed by atoms with Crippen molar-refractivity contribution in [3.63, 3.8) is 0 Å². The van der Waals surface area contributed by atoms with Crippen molar-refractivity contribution in [2.75, 3.05) is 13.6 Å². The number of nitrogens with one attached hydrogen (secondary N) is 1. The molecule has 0 radical (unpaired) electrons. The maximum atomic E-state index is 3.44. The van der Waals surface area contributed by atoms with Gasteiger partial charge in [-0.15, -0.1) is 0 Å². The second kappa shape index (κ2) is 3.84. The Kier molecular flexibility index (Phi) is 2.88. The van der Waals surface area contributed by atoms with Crippen LogP contribution < -0.4 is 5.32 Å². The normalized spacial score (nSPS) is 41.1. The van der Waals surface area contributed by atoms with E-state index in [1.54, 1.807) is 0 Å². The van der Waals surface area contributed by atoms with Crippen LogP contribution in [0.2, 0.25) is 0 Å². The lowest BCUT2D eigenvalue weighted by Crippen LogP contribution is -2.38. The largest absolute Gasteiger partial charge is 0.319 e. The quantitative estimate of drug-likeness (QED) is 0.727. The Morgan fingerprint density at radius 1 is 1.36 bits per heavy atom. The van der Waals surface area contributed by atoms with E-state index in [1.807, 2.05) is 0 Å². The molecule has 3 atom stereocenters. The van der Waals surface area contributed by atoms with E-state index in [9.17, 15) is 0 Å². The Hall–Kier alpha value is -0.0400. The van der Waals surface area contributed by atoms with Crippen molar-refractivity contribution in [3.05, 3.63) is 0 Å². The maximum Gasteiger partial charge on any atom is 0.000766 e. The summed E-state index contributed by atoms with van der Waals surface area (Å²) in [6, 6.07) is 0. The van der Waals surface area contributed by atoms with Gasteiger partial charge >= 0.3 is 0 Å². The van der Waals surface area contributed by atoms with Crippen LogP contribution in [0.1, 0.15) is 46.0 Å². The molecular weight excluding hydrogens is 170 g/mol. The van der Waals surface area contributed by atoms with Crippen LogP contribution in [-0.2, 0) is 0 Å². The number of fused-ring (bicyclic) bond motifs is 2. The van der Waals surface area contributed by atoms with Crippen LogP contribution in [0, 0.1) is 23.2 Å². The molecule has 2 fully saturated rings. The zero-order valence-electron chi connectivity index (χ0n) is 9.97. The first-order valence-electron chi connectivity index (χ1n) is 6.31. The highest BCUT2D eigenvalue weighted by Gasteiger charge is 2.50. The molecule has 82 valence electrons. The molecule has 2 rings (SSSR count). The summed E-state index contributed by atoms with van der Waals surface area (Å²) in [5, 5.41) is 3.44. The van der Waals surface area contributed by atoms with E-state index in [1.165, 1.54) is 38.6 Å². The molecule has 2 aliphatic rings. The van der Waals surface area contributed by atoms with Gasteiger partial charge in [-0.05, 0) is 55.9 Å². The van der Waals surface area contributed by atoms with E-state index < -0.39 is 0 Å². The molecule has 0 saturated heterocycles. The summed E-state index contributed by atoms with van der Waals surface area (Å²) in [6.07, 6.45) is 7.52. The zero-order valence-corrected chi connectivity index (χ0v) is 9.97. The Balaban J connectivity index is 2.07. The summed E-state index contributed by atoms with van der Waals surface area (Å²) >= 11 is 0. The van der Waals surface area contributed by atoms with E-state index in [0.717, 1.165) is 17.8 Å². The molecule has 3 unspecified atom stereocenters. The van der Waals surface area contributed by atoms with Crippen LogP contribution in [0.5, 0.6) is 0 Å². The van der Waals surface area contributed by atoms with Crippen molar-refractivity contribution in [3.8, 4) is 0 Å². The summed E-state index contributed by atoms with van der Waals surface area (Å²) in [5.74, 6) is 2.98. The molecule has 2 aliphatic carbocycles. The highest BCUT2D eigenvalue weighted by atomic mass is 14.8. The van der Waals surface area contributed by atoms with Gasteiger partial charge in [0.25, 0.3) is 0 Å². The van der Waals surface area contributed by atoms with E-state index in [0.29, 0.717) is 5.41 Å². The Morgan fingerprint density at radius 2 is 2.14 bits per heavy atom. The third-order valence-electron chi connectivity index (χ3n) is 4.45. The minimum atomic E-state index is 0.672. The minimum absolute atomic E-state index is 0.672. The fourth-order valence-corrected chi connectivity index (χ4v) is 4.26. The summed E-state index contributed by atoms with van der Waals surface area (Å²) in [6.45, 7) is 6.01. The van der Waals surface area contributed by atoms with Gasteiger partial charge in [0.05, 0.1) is 0 Å². The van der Waals surface area contributed by atoms with Crippen molar-refractivity contribution >= 4 is 0 Å². The number of rotatable bonds is 4. The Morgan fingerprint density at radius 3 is 2.57 bits per heavy atom. The Labute approximate surface area is 88.7 Å². The third-order valence-corrected chi connectivity index (χ3v) is 4.45. The fraction of sp³-hybridized carbons (Fsp3) is 1.00. The minimum Gasteiger partial charge on any atom is -0.319 e. The number of hydrogen-bond acceptors (Lipinski definition) is 1. The van der Waals surface area contributed by atoms with Gasteiger partial charge in [0.1, 0.15) is 0 Å². The zero-order chi connectivity index (χ0) is 10.2. The molecular formula is C13H25N. The summed E-state index contributed by atoms with van der Waals surface area (Å²) in [5.41, 5.74) is 0.672. The van der Waals surface area contributed by atoms with Crippen molar-refractivity contribution in [1.29, 1.82) is 0 Å². The highest BCUT2D eigenvalue weighted by molar-refractivity contribution is 5.01. The molecule has 0 aromatic rings. The van der Waals surface area contributed by atoms with Gasteiger partial charge in [-0.2, -0.15) is 0 Å². The van der Waals surface area contributed by atoms with Crippen LogP contribution in [0.15, 0.2) is 0 Å². The van der Waals surface area contributed by atoms with Crippen molar-refractivity contribution in [2.24, 2.45) is 23.2 Å². The molecule has 2 saturated carbocycles. The van der Waals surface area contributed by atoms with Gasteiger partial charge in [0.15, 0.2) is 0 Å². The van der Waals surface area contributed by atoms with Gasteiger partial charge in [-0.1, -0.05) is 20.3 Å². The molecule has 1 N–H and O–H groups in total. The van der Waals surface area contributed by atoms with Gasteiger partial charge in [0, 0.05) is 6.54 Å².